The Bertz CT molecular complexity index is 624. The number of primary sulfonamides is 1. The lowest BCUT2D eigenvalue weighted by Crippen LogP contribution is -2.23. The van der Waals surface area contributed by atoms with E-state index in [-0.39, 0.29) is 10.6 Å². The largest absolute Gasteiger partial charge is 0.385 e. The van der Waals surface area contributed by atoms with Crippen LogP contribution in [0.5, 0.6) is 0 Å². The molecule has 0 amide bonds. The highest BCUT2D eigenvalue weighted by Gasteiger charge is 2.11. The third-order valence-corrected chi connectivity index (χ3v) is 4.85. The molecule has 7 nitrogen and oxygen atoms in total. The predicted molar refractivity (Wildman–Crippen MR) is 78.4 cm³/mol. The fourth-order valence-corrected chi connectivity index (χ4v) is 3.12. The zero-order valence-corrected chi connectivity index (χ0v) is 12.8. The molecular weight excluding hydrogens is 302 g/mol. The van der Waals surface area contributed by atoms with Gasteiger partial charge in [0.2, 0.25) is 20.0 Å². The topological polar surface area (TPSA) is 118 Å². The highest BCUT2D eigenvalue weighted by atomic mass is 32.2. The molecule has 0 fully saturated rings. The number of hydrogen-bond acceptors (Lipinski definition) is 5. The van der Waals surface area contributed by atoms with Crippen molar-refractivity contribution in [1.29, 1.82) is 0 Å². The van der Waals surface area contributed by atoms with Gasteiger partial charge < -0.3 is 5.32 Å². The number of hydrogen-bond donors (Lipinski definition) is 3. The average molecular weight is 321 g/mol. The molecule has 1 rings (SSSR count). The highest BCUT2D eigenvalue weighted by molar-refractivity contribution is 7.89. The van der Waals surface area contributed by atoms with E-state index in [0.717, 1.165) is 5.69 Å². The molecule has 0 atom stereocenters. The molecule has 1 aromatic carbocycles. The molecule has 0 saturated heterocycles. The zero-order valence-electron chi connectivity index (χ0n) is 11.2. The molecule has 1 aromatic rings. The summed E-state index contributed by atoms with van der Waals surface area (Å²) in [6.07, 6.45) is 0.385. The molecule has 0 aromatic heterocycles. The van der Waals surface area contributed by atoms with Crippen LogP contribution < -0.4 is 15.2 Å². The fraction of sp³-hybridized carbons (Fsp3) is 0.455. The maximum absolute atomic E-state index is 11.7. The third-order valence-electron chi connectivity index (χ3n) is 2.43. The molecule has 9 heteroatoms. The first-order valence-electron chi connectivity index (χ1n) is 6.08. The van der Waals surface area contributed by atoms with E-state index in [1.807, 2.05) is 0 Å². The Morgan fingerprint density at radius 3 is 2.20 bits per heavy atom. The molecule has 0 unspecified atom stereocenters. The van der Waals surface area contributed by atoms with Crippen molar-refractivity contribution in [3.63, 3.8) is 0 Å². The smallest absolute Gasteiger partial charge is 0.240 e. The Labute approximate surface area is 119 Å². The lowest BCUT2D eigenvalue weighted by molar-refractivity contribution is 0.583. The first-order chi connectivity index (χ1) is 9.24. The summed E-state index contributed by atoms with van der Waals surface area (Å²) >= 11 is 0. The molecular formula is C11H19N3O4S2. The summed E-state index contributed by atoms with van der Waals surface area (Å²) in [5.74, 6) is -0.0904. The molecule has 4 N–H and O–H groups in total. The van der Waals surface area contributed by atoms with Gasteiger partial charge in [-0.1, -0.05) is 6.92 Å². The van der Waals surface area contributed by atoms with Gasteiger partial charge in [-0.2, -0.15) is 0 Å². The van der Waals surface area contributed by atoms with Crippen LogP contribution in [0.3, 0.4) is 0 Å². The van der Waals surface area contributed by atoms with Crippen LogP contribution in [0.15, 0.2) is 29.2 Å². The molecule has 114 valence electrons. The minimum absolute atomic E-state index is 0.0904. The van der Waals surface area contributed by atoms with Gasteiger partial charge in [-0.05, 0) is 30.7 Å². The van der Waals surface area contributed by atoms with E-state index in [2.05, 4.69) is 10.0 Å². The number of nitrogens with two attached hydrogens (primary N) is 1. The van der Waals surface area contributed by atoms with Crippen LogP contribution in [0, 0.1) is 0 Å². The summed E-state index contributed by atoms with van der Waals surface area (Å²) in [4.78, 5) is 0.189. The summed E-state index contributed by atoms with van der Waals surface area (Å²) < 4.78 is 47.3. The molecule has 0 heterocycles. The van der Waals surface area contributed by atoms with Gasteiger partial charge in [0.05, 0.1) is 10.6 Å². The van der Waals surface area contributed by atoms with Crippen LogP contribution in [-0.2, 0) is 20.0 Å². The monoisotopic (exact) mass is 321 g/mol. The van der Waals surface area contributed by atoms with Crippen molar-refractivity contribution in [2.24, 2.45) is 5.14 Å². The Morgan fingerprint density at radius 1 is 1.10 bits per heavy atom. The lowest BCUT2D eigenvalue weighted by Gasteiger charge is -2.08. The van der Waals surface area contributed by atoms with Crippen LogP contribution in [0.1, 0.15) is 13.3 Å². The Morgan fingerprint density at radius 2 is 1.70 bits per heavy atom. The van der Waals surface area contributed by atoms with Crippen LogP contribution in [0.2, 0.25) is 0 Å². The third kappa shape index (κ3) is 5.87. The van der Waals surface area contributed by atoms with Crippen LogP contribution in [0.4, 0.5) is 5.69 Å². The Hall–Kier alpha value is -1.16. The second kappa shape index (κ2) is 7.02. The van der Waals surface area contributed by atoms with Crippen LogP contribution in [-0.4, -0.2) is 35.7 Å². The van der Waals surface area contributed by atoms with Crippen molar-refractivity contribution in [2.75, 3.05) is 24.2 Å². The molecule has 0 saturated carbocycles. The minimum atomic E-state index is -3.45. The van der Waals surface area contributed by atoms with Crippen molar-refractivity contribution in [3.8, 4) is 0 Å². The van der Waals surface area contributed by atoms with E-state index in [1.54, 1.807) is 19.1 Å². The molecule has 0 bridgehead atoms. The normalized spacial score (nSPS) is 12.3. The standard InChI is InChI=1S/C11H19N3O4S2/c1-2-14-20(17,18)11-6-4-10(5-7-11)13-8-3-9-19(12,15)16/h4-7,13-14H,2-3,8-9H2,1H3,(H2,12,15,16). The van der Waals surface area contributed by atoms with Crippen molar-refractivity contribution in [2.45, 2.75) is 18.2 Å². The van der Waals surface area contributed by atoms with Crippen molar-refractivity contribution >= 4 is 25.7 Å². The molecule has 0 aliphatic carbocycles. The molecule has 0 radical (unpaired) electrons. The number of benzene rings is 1. The molecule has 0 spiro atoms. The maximum Gasteiger partial charge on any atom is 0.240 e. The van der Waals surface area contributed by atoms with E-state index < -0.39 is 20.0 Å². The van der Waals surface area contributed by atoms with Gasteiger partial charge in [0, 0.05) is 18.8 Å². The number of anilines is 1. The predicted octanol–water partition coefficient (Wildman–Crippen LogP) is 0.0753. The summed E-state index contributed by atoms with van der Waals surface area (Å²) in [5, 5.41) is 7.87. The van der Waals surface area contributed by atoms with E-state index >= 15 is 0 Å². The van der Waals surface area contributed by atoms with Crippen LogP contribution >= 0.6 is 0 Å². The van der Waals surface area contributed by atoms with Crippen molar-refractivity contribution in [1.82, 2.24) is 4.72 Å². The first kappa shape index (κ1) is 16.9. The lowest BCUT2D eigenvalue weighted by atomic mass is 10.3. The maximum atomic E-state index is 11.7. The molecule has 20 heavy (non-hydrogen) atoms. The first-order valence-corrected chi connectivity index (χ1v) is 9.28. The van der Waals surface area contributed by atoms with Gasteiger partial charge in [0.15, 0.2) is 0 Å². The van der Waals surface area contributed by atoms with Gasteiger partial charge in [-0.3, -0.25) is 0 Å². The second-order valence-electron chi connectivity index (χ2n) is 4.17. The number of nitrogens with one attached hydrogen (secondary N) is 2. The van der Waals surface area contributed by atoms with E-state index in [9.17, 15) is 16.8 Å². The number of sulfonamides is 2. The molecule has 0 aliphatic rings. The summed E-state index contributed by atoms with van der Waals surface area (Å²) in [6, 6.07) is 6.22. The molecule has 0 aliphatic heterocycles. The quantitative estimate of drug-likeness (QED) is 0.586. The zero-order chi connectivity index (χ0) is 15.2. The van der Waals surface area contributed by atoms with Crippen LogP contribution in [0.25, 0.3) is 0 Å². The van der Waals surface area contributed by atoms with Crippen molar-refractivity contribution < 1.29 is 16.8 Å². The summed E-state index contributed by atoms with van der Waals surface area (Å²) in [5.41, 5.74) is 0.717. The average Bonchev–Trinajstić information content (AvgIpc) is 2.34. The Balaban J connectivity index is 2.55. The van der Waals surface area contributed by atoms with E-state index in [0.29, 0.717) is 19.5 Å². The summed E-state index contributed by atoms with van der Waals surface area (Å²) in [6.45, 7) is 2.48. The minimum Gasteiger partial charge on any atom is -0.385 e. The SMILES string of the molecule is CCNS(=O)(=O)c1ccc(NCCCS(N)(=O)=O)cc1. The Kier molecular flexibility index (Phi) is 5.93. The van der Waals surface area contributed by atoms with Gasteiger partial charge >= 0.3 is 0 Å². The van der Waals surface area contributed by atoms with Crippen molar-refractivity contribution in [3.05, 3.63) is 24.3 Å². The van der Waals surface area contributed by atoms with E-state index in [4.69, 9.17) is 5.14 Å². The fourth-order valence-electron chi connectivity index (χ4n) is 1.53. The van der Waals surface area contributed by atoms with Gasteiger partial charge in [0.25, 0.3) is 0 Å². The van der Waals surface area contributed by atoms with Gasteiger partial charge in [-0.15, -0.1) is 0 Å². The number of rotatable bonds is 8. The van der Waals surface area contributed by atoms with Gasteiger partial charge in [-0.25, -0.2) is 26.7 Å². The van der Waals surface area contributed by atoms with E-state index in [1.165, 1.54) is 12.1 Å². The second-order valence-corrected chi connectivity index (χ2v) is 7.67. The highest BCUT2D eigenvalue weighted by Crippen LogP contribution is 2.13. The summed E-state index contributed by atoms with van der Waals surface area (Å²) in [7, 11) is -6.88. The van der Waals surface area contributed by atoms with Gasteiger partial charge in [0.1, 0.15) is 0 Å².